The van der Waals surface area contributed by atoms with Gasteiger partial charge in [-0.2, -0.15) is 13.2 Å². The Morgan fingerprint density at radius 2 is 1.72 bits per heavy atom. The highest BCUT2D eigenvalue weighted by atomic mass is 32.2. The van der Waals surface area contributed by atoms with E-state index in [9.17, 15) is 31.5 Å². The predicted molar refractivity (Wildman–Crippen MR) is 140 cm³/mol. The topological polar surface area (TPSA) is 112 Å². The Morgan fingerprint density at radius 1 is 0.974 bits per heavy atom. The monoisotopic (exact) mass is 554 g/mol. The second-order valence-electron chi connectivity index (χ2n) is 8.96. The molecule has 1 aliphatic heterocycles. The lowest BCUT2D eigenvalue weighted by molar-refractivity contribution is -0.137. The van der Waals surface area contributed by atoms with Gasteiger partial charge in [0.05, 0.1) is 28.8 Å². The lowest BCUT2D eigenvalue weighted by Gasteiger charge is -2.28. The third-order valence-electron chi connectivity index (χ3n) is 6.18. The average Bonchev–Trinajstić information content (AvgIpc) is 2.89. The number of hydrogen-bond acceptors (Lipinski definition) is 6. The van der Waals surface area contributed by atoms with Gasteiger partial charge in [-0.15, -0.1) is 0 Å². The molecule has 0 unspecified atom stereocenters. The minimum atomic E-state index is -4.53. The molecule has 3 aromatic carbocycles. The van der Waals surface area contributed by atoms with Gasteiger partial charge in [0.25, 0.3) is 5.91 Å². The Morgan fingerprint density at radius 3 is 2.41 bits per heavy atom. The number of benzene rings is 3. The van der Waals surface area contributed by atoms with E-state index in [2.05, 4.69) is 14.7 Å². The molecule has 0 saturated carbocycles. The number of hydrogen-bond donors (Lipinski definition) is 2. The minimum absolute atomic E-state index is 0.0732. The average molecular weight is 555 g/mol. The van der Waals surface area contributed by atoms with Crippen molar-refractivity contribution in [2.75, 3.05) is 22.4 Å². The number of alkyl halides is 3. The van der Waals surface area contributed by atoms with Crippen LogP contribution in [0.15, 0.2) is 72.9 Å². The van der Waals surface area contributed by atoms with Crippen LogP contribution in [0.25, 0.3) is 22.5 Å². The molecule has 1 aromatic heterocycles. The van der Waals surface area contributed by atoms with Crippen LogP contribution in [0.4, 0.5) is 24.5 Å². The number of phenolic OH excluding ortho intramolecular Hbond substituents is 1. The van der Waals surface area contributed by atoms with E-state index in [1.54, 1.807) is 30.3 Å². The molecule has 0 saturated heterocycles. The van der Waals surface area contributed by atoms with Gasteiger partial charge in [0.1, 0.15) is 5.75 Å². The van der Waals surface area contributed by atoms with E-state index >= 15 is 0 Å². The van der Waals surface area contributed by atoms with Crippen LogP contribution in [0, 0.1) is 0 Å². The van der Waals surface area contributed by atoms with E-state index in [0.717, 1.165) is 18.4 Å². The fourth-order valence-electron chi connectivity index (χ4n) is 4.37. The summed E-state index contributed by atoms with van der Waals surface area (Å²) in [4.78, 5) is 23.6. The van der Waals surface area contributed by atoms with E-state index in [1.165, 1.54) is 35.4 Å². The summed E-state index contributed by atoms with van der Waals surface area (Å²) in [6, 6.07) is 16.1. The number of nitrogens with one attached hydrogen (secondary N) is 1. The first-order chi connectivity index (χ1) is 18.4. The number of fused-ring (bicyclic) bond motifs is 1. The van der Waals surface area contributed by atoms with Crippen molar-refractivity contribution in [3.05, 3.63) is 89.7 Å². The molecule has 0 atom stereocenters. The van der Waals surface area contributed by atoms with Crippen molar-refractivity contribution in [3.63, 3.8) is 0 Å². The Balaban J connectivity index is 1.51. The standard InChI is InChI=1S/C27H21F3N4O4S/c1-39(37,38)33-23-14-18(8-10-24(23)35)34-12-11-22-21(26(34)36)15-31-25(32-22)19-9-7-17(27(28,29)30)13-20(19)16-5-3-2-4-6-16/h2-10,13-15,33,35H,11-12H2,1H3. The number of carbonyl (C=O) groups is 1. The minimum Gasteiger partial charge on any atom is -0.506 e. The maximum Gasteiger partial charge on any atom is 0.416 e. The van der Waals surface area contributed by atoms with Crippen molar-refractivity contribution < 1.29 is 31.5 Å². The van der Waals surface area contributed by atoms with Gasteiger partial charge in [0.2, 0.25) is 10.0 Å². The first-order valence-corrected chi connectivity index (χ1v) is 13.6. The van der Waals surface area contributed by atoms with Gasteiger partial charge in [-0.25, -0.2) is 18.4 Å². The van der Waals surface area contributed by atoms with Crippen LogP contribution >= 0.6 is 0 Å². The highest BCUT2D eigenvalue weighted by Gasteiger charge is 2.32. The van der Waals surface area contributed by atoms with Gasteiger partial charge in [-0.3, -0.25) is 9.52 Å². The van der Waals surface area contributed by atoms with E-state index in [1.807, 2.05) is 0 Å². The molecule has 4 aromatic rings. The molecular formula is C27H21F3N4O4S. The van der Waals surface area contributed by atoms with Crippen LogP contribution in [0.2, 0.25) is 0 Å². The number of anilines is 2. The third kappa shape index (κ3) is 5.41. The van der Waals surface area contributed by atoms with Crippen LogP contribution in [0.1, 0.15) is 21.6 Å². The van der Waals surface area contributed by atoms with Crippen LogP contribution in [-0.2, 0) is 22.6 Å². The summed E-state index contributed by atoms with van der Waals surface area (Å²) in [5.41, 5.74) is 1.40. The molecular weight excluding hydrogens is 533 g/mol. The molecule has 0 spiro atoms. The largest absolute Gasteiger partial charge is 0.506 e. The molecule has 2 N–H and O–H groups in total. The van der Waals surface area contributed by atoms with E-state index in [-0.39, 0.29) is 29.4 Å². The highest BCUT2D eigenvalue weighted by molar-refractivity contribution is 7.92. The predicted octanol–water partition coefficient (Wildman–Crippen LogP) is 5.11. The molecule has 1 aliphatic rings. The zero-order valence-corrected chi connectivity index (χ0v) is 21.2. The number of halogens is 3. The summed E-state index contributed by atoms with van der Waals surface area (Å²) < 4.78 is 65.9. The smallest absolute Gasteiger partial charge is 0.416 e. The van der Waals surface area contributed by atoms with Crippen LogP contribution in [-0.4, -0.2) is 42.2 Å². The summed E-state index contributed by atoms with van der Waals surface area (Å²) in [6.45, 7) is 0.198. The van der Waals surface area contributed by atoms with Crippen LogP contribution in [0.5, 0.6) is 5.75 Å². The van der Waals surface area contributed by atoms with Crippen molar-refractivity contribution >= 4 is 27.3 Å². The van der Waals surface area contributed by atoms with Crippen molar-refractivity contribution in [2.24, 2.45) is 0 Å². The first kappa shape index (κ1) is 26.2. The normalized spacial score (nSPS) is 13.7. The molecule has 5 rings (SSSR count). The Hall–Kier alpha value is -4.45. The SMILES string of the molecule is CS(=O)(=O)Nc1cc(N2CCc3nc(-c4ccc(C(F)(F)F)cc4-c4ccccc4)ncc3C2=O)ccc1O. The molecule has 12 heteroatoms. The second-order valence-corrected chi connectivity index (χ2v) is 10.7. The van der Waals surface area contributed by atoms with Crippen molar-refractivity contribution in [2.45, 2.75) is 12.6 Å². The van der Waals surface area contributed by atoms with Gasteiger partial charge < -0.3 is 10.0 Å². The van der Waals surface area contributed by atoms with Gasteiger partial charge in [0.15, 0.2) is 5.82 Å². The van der Waals surface area contributed by atoms with Crippen molar-refractivity contribution in [3.8, 4) is 28.3 Å². The number of amides is 1. The second kappa shape index (κ2) is 9.70. The van der Waals surface area contributed by atoms with E-state index < -0.39 is 27.7 Å². The van der Waals surface area contributed by atoms with Crippen molar-refractivity contribution in [1.82, 2.24) is 9.97 Å². The summed E-state index contributed by atoms with van der Waals surface area (Å²) in [5.74, 6) is -0.547. The summed E-state index contributed by atoms with van der Waals surface area (Å²) in [6.07, 6.45) is -1.93. The number of rotatable bonds is 5. The number of phenols is 1. The van der Waals surface area contributed by atoms with Crippen LogP contribution in [0.3, 0.4) is 0 Å². The molecule has 0 fully saturated rings. The van der Waals surface area contributed by atoms with Gasteiger partial charge in [-0.1, -0.05) is 30.3 Å². The highest BCUT2D eigenvalue weighted by Crippen LogP contribution is 2.38. The Bertz CT molecular complexity index is 1690. The molecule has 1 amide bonds. The summed E-state index contributed by atoms with van der Waals surface area (Å²) in [5, 5.41) is 10.0. The zero-order valence-electron chi connectivity index (χ0n) is 20.4. The molecule has 0 bridgehead atoms. The number of nitrogens with zero attached hydrogens (tertiary/aromatic N) is 3. The number of aromatic hydroxyl groups is 1. The molecule has 200 valence electrons. The molecule has 0 aliphatic carbocycles. The third-order valence-corrected chi connectivity index (χ3v) is 6.77. The lowest BCUT2D eigenvalue weighted by atomic mass is 9.96. The number of sulfonamides is 1. The summed E-state index contributed by atoms with van der Waals surface area (Å²) in [7, 11) is -3.67. The Kier molecular flexibility index (Phi) is 6.51. The van der Waals surface area contributed by atoms with Gasteiger partial charge in [0, 0.05) is 30.4 Å². The molecule has 8 nitrogen and oxygen atoms in total. The molecule has 0 radical (unpaired) electrons. The van der Waals surface area contributed by atoms with Gasteiger partial charge >= 0.3 is 6.18 Å². The molecule has 2 heterocycles. The quantitative estimate of drug-likeness (QED) is 0.332. The van der Waals surface area contributed by atoms with Crippen LogP contribution < -0.4 is 9.62 Å². The molecule has 39 heavy (non-hydrogen) atoms. The fraction of sp³-hybridized carbons (Fsp3) is 0.148. The van der Waals surface area contributed by atoms with Gasteiger partial charge in [-0.05, 0) is 47.5 Å². The number of carbonyl (C=O) groups excluding carboxylic acids is 1. The fourth-order valence-corrected chi connectivity index (χ4v) is 4.94. The first-order valence-electron chi connectivity index (χ1n) is 11.7. The zero-order chi connectivity index (χ0) is 27.9. The number of aromatic nitrogens is 2. The van der Waals surface area contributed by atoms with E-state index in [4.69, 9.17) is 0 Å². The lowest BCUT2D eigenvalue weighted by Crippen LogP contribution is -2.38. The van der Waals surface area contributed by atoms with E-state index in [0.29, 0.717) is 34.5 Å². The maximum atomic E-state index is 13.5. The maximum absolute atomic E-state index is 13.5. The Labute approximate surface area is 221 Å². The van der Waals surface area contributed by atoms with Crippen molar-refractivity contribution in [1.29, 1.82) is 0 Å². The summed E-state index contributed by atoms with van der Waals surface area (Å²) >= 11 is 0.